The van der Waals surface area contributed by atoms with Crippen LogP contribution in [0.15, 0.2) is 0 Å². The van der Waals surface area contributed by atoms with Crippen LogP contribution in [-0.2, 0) is 4.79 Å². The second kappa shape index (κ2) is 6.76. The van der Waals surface area contributed by atoms with Crippen LogP contribution in [0.1, 0.15) is 52.4 Å². The molecule has 0 aliphatic heterocycles. The van der Waals surface area contributed by atoms with E-state index in [9.17, 15) is 4.79 Å². The maximum absolute atomic E-state index is 12.4. The largest absolute Gasteiger partial charge is 0.336 e. The molecule has 3 nitrogen and oxygen atoms in total. The molecule has 0 heterocycles. The van der Waals surface area contributed by atoms with Crippen molar-refractivity contribution < 1.29 is 4.79 Å². The van der Waals surface area contributed by atoms with Crippen molar-refractivity contribution in [3.63, 3.8) is 0 Å². The Hall–Kier alpha value is -0.280. The summed E-state index contributed by atoms with van der Waals surface area (Å²) in [6, 6.07) is 1.04. The molecule has 2 saturated carbocycles. The Morgan fingerprint density at radius 2 is 1.61 bits per heavy atom. The minimum Gasteiger partial charge on any atom is -0.336 e. The van der Waals surface area contributed by atoms with Gasteiger partial charge in [-0.15, -0.1) is 12.4 Å². The molecule has 2 aliphatic carbocycles. The zero-order valence-electron chi connectivity index (χ0n) is 11.6. The predicted octanol–water partition coefficient (Wildman–Crippen LogP) is 2.57. The molecular weight excluding hydrogens is 248 g/mol. The molecule has 18 heavy (non-hydrogen) atoms. The van der Waals surface area contributed by atoms with Crippen molar-refractivity contribution in [2.24, 2.45) is 17.6 Å². The lowest BCUT2D eigenvalue weighted by Gasteiger charge is -2.37. The number of hydrogen-bond acceptors (Lipinski definition) is 2. The van der Waals surface area contributed by atoms with Gasteiger partial charge in [-0.3, -0.25) is 4.79 Å². The van der Waals surface area contributed by atoms with Gasteiger partial charge in [0, 0.05) is 24.5 Å². The number of rotatable bonds is 4. The summed E-state index contributed by atoms with van der Waals surface area (Å²) in [7, 11) is 0. The molecule has 0 aromatic carbocycles. The highest BCUT2D eigenvalue weighted by Crippen LogP contribution is 2.36. The molecule has 1 unspecified atom stereocenters. The van der Waals surface area contributed by atoms with Crippen LogP contribution in [0.2, 0.25) is 0 Å². The fourth-order valence-electron chi connectivity index (χ4n) is 2.89. The highest BCUT2D eigenvalue weighted by Gasteiger charge is 2.39. The maximum atomic E-state index is 12.4. The number of carbonyl (C=O) groups is 1. The van der Waals surface area contributed by atoms with Crippen LogP contribution in [0.3, 0.4) is 0 Å². The van der Waals surface area contributed by atoms with Gasteiger partial charge in [0.25, 0.3) is 0 Å². The number of amides is 1. The molecule has 2 aliphatic rings. The van der Waals surface area contributed by atoms with Crippen molar-refractivity contribution in [3.8, 4) is 0 Å². The van der Waals surface area contributed by atoms with Crippen LogP contribution in [0.5, 0.6) is 0 Å². The van der Waals surface area contributed by atoms with Crippen LogP contribution in [0.4, 0.5) is 0 Å². The van der Waals surface area contributed by atoms with E-state index in [1.54, 1.807) is 0 Å². The average Bonchev–Trinajstić information content (AvgIpc) is 3.15. The third kappa shape index (κ3) is 3.61. The lowest BCUT2D eigenvalue weighted by atomic mass is 9.86. The second-order valence-corrected chi connectivity index (χ2v) is 6.03. The topological polar surface area (TPSA) is 46.3 Å². The Balaban J connectivity index is 0.00000162. The summed E-state index contributed by atoms with van der Waals surface area (Å²) in [6.45, 7) is 4.76. The number of halogens is 1. The summed E-state index contributed by atoms with van der Waals surface area (Å²) in [5, 5.41) is 0. The van der Waals surface area contributed by atoms with Gasteiger partial charge in [-0.1, -0.05) is 13.8 Å². The Morgan fingerprint density at radius 3 is 2.00 bits per heavy atom. The Kier molecular flexibility index (Phi) is 5.93. The van der Waals surface area contributed by atoms with Gasteiger partial charge in [0.1, 0.15) is 0 Å². The predicted molar refractivity (Wildman–Crippen MR) is 76.8 cm³/mol. The van der Waals surface area contributed by atoms with E-state index in [1.165, 1.54) is 38.5 Å². The van der Waals surface area contributed by atoms with Crippen molar-refractivity contribution in [2.45, 2.75) is 64.5 Å². The quantitative estimate of drug-likeness (QED) is 0.856. The second-order valence-electron chi connectivity index (χ2n) is 6.03. The van der Waals surface area contributed by atoms with Gasteiger partial charge in [0.2, 0.25) is 5.91 Å². The molecular formula is C14H27ClN2O. The molecule has 0 aromatic rings. The fraction of sp³-hybridized carbons (Fsp3) is 0.929. The van der Waals surface area contributed by atoms with E-state index in [2.05, 4.69) is 11.8 Å². The van der Waals surface area contributed by atoms with Crippen molar-refractivity contribution in [2.75, 3.05) is 6.54 Å². The zero-order chi connectivity index (χ0) is 12.4. The van der Waals surface area contributed by atoms with Crippen LogP contribution in [0, 0.1) is 11.8 Å². The van der Waals surface area contributed by atoms with Gasteiger partial charge >= 0.3 is 0 Å². The van der Waals surface area contributed by atoms with Gasteiger partial charge in [-0.2, -0.15) is 0 Å². The third-order valence-electron chi connectivity index (χ3n) is 4.35. The van der Waals surface area contributed by atoms with Crippen LogP contribution >= 0.6 is 12.4 Å². The monoisotopic (exact) mass is 274 g/mol. The van der Waals surface area contributed by atoms with E-state index >= 15 is 0 Å². The van der Waals surface area contributed by atoms with Gasteiger partial charge in [0.15, 0.2) is 0 Å². The molecule has 2 fully saturated rings. The highest BCUT2D eigenvalue weighted by molar-refractivity contribution is 5.85. The molecule has 0 aromatic heterocycles. The molecule has 0 bridgehead atoms. The molecule has 0 saturated heterocycles. The molecule has 1 atom stereocenters. The summed E-state index contributed by atoms with van der Waals surface area (Å²) in [5.41, 5.74) is 5.64. The lowest BCUT2D eigenvalue weighted by Crippen LogP contribution is -2.47. The highest BCUT2D eigenvalue weighted by atomic mass is 35.5. The molecule has 2 N–H and O–H groups in total. The zero-order valence-corrected chi connectivity index (χ0v) is 12.4. The van der Waals surface area contributed by atoms with Crippen molar-refractivity contribution in [3.05, 3.63) is 0 Å². The van der Waals surface area contributed by atoms with Crippen molar-refractivity contribution in [1.82, 2.24) is 4.90 Å². The fourth-order valence-corrected chi connectivity index (χ4v) is 2.89. The summed E-state index contributed by atoms with van der Waals surface area (Å²) in [6.07, 6.45) is 7.35. The van der Waals surface area contributed by atoms with Crippen LogP contribution in [-0.4, -0.2) is 29.4 Å². The van der Waals surface area contributed by atoms with E-state index in [1.807, 2.05) is 6.92 Å². The van der Waals surface area contributed by atoms with E-state index < -0.39 is 0 Å². The molecule has 0 spiro atoms. The lowest BCUT2D eigenvalue weighted by molar-refractivity contribution is -0.138. The van der Waals surface area contributed by atoms with Gasteiger partial charge in [-0.05, 0) is 44.4 Å². The van der Waals surface area contributed by atoms with E-state index in [0.717, 1.165) is 5.92 Å². The summed E-state index contributed by atoms with van der Waals surface area (Å²) >= 11 is 0. The van der Waals surface area contributed by atoms with Crippen LogP contribution < -0.4 is 5.73 Å². The van der Waals surface area contributed by atoms with E-state index in [4.69, 9.17) is 5.73 Å². The van der Waals surface area contributed by atoms with E-state index in [0.29, 0.717) is 24.5 Å². The molecule has 1 amide bonds. The first-order valence-electron chi connectivity index (χ1n) is 7.15. The molecule has 4 heteroatoms. The maximum Gasteiger partial charge on any atom is 0.227 e. The summed E-state index contributed by atoms with van der Waals surface area (Å²) in [4.78, 5) is 14.6. The summed E-state index contributed by atoms with van der Waals surface area (Å²) in [5.74, 6) is 1.14. The van der Waals surface area contributed by atoms with Gasteiger partial charge in [-0.25, -0.2) is 0 Å². The molecule has 2 rings (SSSR count). The first-order chi connectivity index (χ1) is 8.13. The number of hydrogen-bond donors (Lipinski definition) is 1. The van der Waals surface area contributed by atoms with Crippen molar-refractivity contribution >= 4 is 18.3 Å². The Bertz CT molecular complexity index is 273. The first-order valence-corrected chi connectivity index (χ1v) is 7.15. The van der Waals surface area contributed by atoms with Gasteiger partial charge < -0.3 is 10.6 Å². The normalized spacial score (nSPS) is 29.3. The first kappa shape index (κ1) is 15.8. The average molecular weight is 275 g/mol. The van der Waals surface area contributed by atoms with Crippen molar-refractivity contribution in [1.29, 1.82) is 0 Å². The van der Waals surface area contributed by atoms with Gasteiger partial charge in [0.05, 0.1) is 0 Å². The third-order valence-corrected chi connectivity index (χ3v) is 4.35. The standard InChI is InChI=1S/C14H26N2O.ClH/c1-10-3-5-12(6-4-10)16(13-7-8-13)14(17)11(2)9-15;/h10-13H,3-9,15H2,1-2H3;1H. The minimum absolute atomic E-state index is 0. The Labute approximate surface area is 117 Å². The molecule has 106 valence electrons. The SMILES string of the molecule is CC1CCC(N(C(=O)C(C)CN)C2CC2)CC1.Cl. The molecule has 0 radical (unpaired) electrons. The number of nitrogens with zero attached hydrogens (tertiary/aromatic N) is 1. The smallest absolute Gasteiger partial charge is 0.227 e. The number of nitrogens with two attached hydrogens (primary N) is 1. The number of carbonyl (C=O) groups excluding carboxylic acids is 1. The van der Waals surface area contributed by atoms with E-state index in [-0.39, 0.29) is 18.3 Å². The minimum atomic E-state index is -0.00468. The van der Waals surface area contributed by atoms with Crippen LogP contribution in [0.25, 0.3) is 0 Å². The summed E-state index contributed by atoms with van der Waals surface area (Å²) < 4.78 is 0. The Morgan fingerprint density at radius 1 is 1.17 bits per heavy atom.